The molecule has 0 saturated heterocycles. The summed E-state index contributed by atoms with van der Waals surface area (Å²) in [4.78, 5) is 15.4. The number of benzene rings is 1. The van der Waals surface area contributed by atoms with E-state index in [1.165, 1.54) is 11.1 Å². The Hall–Kier alpha value is -3.00. The highest BCUT2D eigenvalue weighted by molar-refractivity contribution is 7.99. The van der Waals surface area contributed by atoms with E-state index in [0.717, 1.165) is 54.5 Å². The van der Waals surface area contributed by atoms with Gasteiger partial charge < -0.3 is 9.15 Å². The van der Waals surface area contributed by atoms with Gasteiger partial charge in [0.15, 0.2) is 0 Å². The molecule has 0 bridgehead atoms. The van der Waals surface area contributed by atoms with Crippen LogP contribution in [0.3, 0.4) is 0 Å². The van der Waals surface area contributed by atoms with Gasteiger partial charge in [0.2, 0.25) is 0 Å². The fraction of sp³-hybridized carbons (Fsp3) is 0.222. The molecule has 0 N–H and O–H groups in total. The number of hydrogen-bond acceptors (Lipinski definition) is 7. The van der Waals surface area contributed by atoms with Crippen molar-refractivity contribution in [1.82, 2.24) is 15.0 Å². The number of ether oxygens (including phenoxy) is 1. The van der Waals surface area contributed by atoms with Gasteiger partial charge in [-0.2, -0.15) is 0 Å². The van der Waals surface area contributed by atoms with Crippen LogP contribution in [-0.4, -0.2) is 26.3 Å². The lowest BCUT2D eigenvalue weighted by atomic mass is 9.88. The third kappa shape index (κ3) is 3.94. The van der Waals surface area contributed by atoms with E-state index in [1.807, 2.05) is 12.1 Å². The van der Waals surface area contributed by atoms with E-state index in [0.29, 0.717) is 6.61 Å². The Kier molecular flexibility index (Phi) is 5.48. The Labute approximate surface area is 205 Å². The van der Waals surface area contributed by atoms with Crippen molar-refractivity contribution >= 4 is 49.6 Å². The van der Waals surface area contributed by atoms with Crippen molar-refractivity contribution in [3.8, 4) is 11.3 Å². The molecule has 0 atom stereocenters. The minimum absolute atomic E-state index is 0.240. The molecule has 0 unspecified atom stereocenters. The smallest absolute Gasteiger partial charge is 0.127 e. The SMILES string of the molecule is CC1(C)Cc2c(c(-c3ccoc3)nc3sc4c(SCC=Cc5ccccc5)ncnc4c23)CO1. The number of furan rings is 1. The standard InChI is InChI=1S/C27H23N3O2S2/c1-27(2)13-19-20(15-32-27)22(18-10-11-31-14-18)30-25-21(19)23-24(34-25)26(29-16-28-23)33-12-6-9-17-7-4-3-5-8-17/h3-11,14,16H,12-13,15H2,1-2H3. The molecule has 5 nitrogen and oxygen atoms in total. The van der Waals surface area contributed by atoms with Crippen molar-refractivity contribution in [2.24, 2.45) is 0 Å². The molecule has 0 aliphatic carbocycles. The molecule has 6 rings (SSSR count). The lowest BCUT2D eigenvalue weighted by molar-refractivity contribution is -0.0394. The zero-order chi connectivity index (χ0) is 23.1. The van der Waals surface area contributed by atoms with Gasteiger partial charge in [0.05, 0.1) is 40.6 Å². The quantitative estimate of drug-likeness (QED) is 0.194. The molecule has 1 aliphatic heterocycles. The average molecular weight is 486 g/mol. The van der Waals surface area contributed by atoms with E-state index < -0.39 is 0 Å². The number of fused-ring (bicyclic) bond motifs is 5. The normalized spacial score (nSPS) is 15.4. The van der Waals surface area contributed by atoms with E-state index in [9.17, 15) is 0 Å². The molecule has 0 spiro atoms. The molecule has 7 heteroatoms. The molecular weight excluding hydrogens is 462 g/mol. The Morgan fingerprint density at radius 3 is 2.82 bits per heavy atom. The number of nitrogens with zero attached hydrogens (tertiary/aromatic N) is 3. The van der Waals surface area contributed by atoms with Crippen LogP contribution in [0.4, 0.5) is 0 Å². The molecule has 0 saturated carbocycles. The first-order valence-electron chi connectivity index (χ1n) is 11.2. The summed E-state index contributed by atoms with van der Waals surface area (Å²) in [6.45, 7) is 4.81. The Morgan fingerprint density at radius 1 is 1.12 bits per heavy atom. The van der Waals surface area contributed by atoms with Crippen molar-refractivity contribution in [3.05, 3.63) is 78.0 Å². The number of thioether (sulfide) groups is 1. The molecule has 170 valence electrons. The topological polar surface area (TPSA) is 61.0 Å². The fourth-order valence-electron chi connectivity index (χ4n) is 4.40. The van der Waals surface area contributed by atoms with Gasteiger partial charge in [-0.05, 0) is 31.0 Å². The summed E-state index contributed by atoms with van der Waals surface area (Å²) in [5, 5.41) is 2.14. The van der Waals surface area contributed by atoms with Gasteiger partial charge in [-0.25, -0.2) is 15.0 Å². The van der Waals surface area contributed by atoms with Crippen LogP contribution in [0.25, 0.3) is 37.8 Å². The molecule has 5 heterocycles. The van der Waals surface area contributed by atoms with E-state index >= 15 is 0 Å². The minimum Gasteiger partial charge on any atom is -0.472 e. The Balaban J connectivity index is 1.44. The van der Waals surface area contributed by atoms with E-state index in [2.05, 4.69) is 55.2 Å². The molecule has 34 heavy (non-hydrogen) atoms. The highest BCUT2D eigenvalue weighted by Crippen LogP contribution is 2.44. The average Bonchev–Trinajstić information content (AvgIpc) is 3.50. The van der Waals surface area contributed by atoms with Crippen LogP contribution in [0.1, 0.15) is 30.5 Å². The number of thiophene rings is 1. The van der Waals surface area contributed by atoms with Crippen LogP contribution < -0.4 is 0 Å². The molecule has 1 aliphatic rings. The van der Waals surface area contributed by atoms with Crippen LogP contribution in [0, 0.1) is 0 Å². The first-order valence-corrected chi connectivity index (χ1v) is 13.0. The minimum atomic E-state index is -0.240. The number of aromatic nitrogens is 3. The number of pyridine rings is 1. The van der Waals surface area contributed by atoms with Crippen molar-refractivity contribution < 1.29 is 9.15 Å². The first kappa shape index (κ1) is 21.5. The van der Waals surface area contributed by atoms with Gasteiger partial charge in [-0.3, -0.25) is 0 Å². The molecule has 0 amide bonds. The Bertz CT molecular complexity index is 1510. The second kappa shape index (κ2) is 8.65. The van der Waals surface area contributed by atoms with Gasteiger partial charge in [-0.15, -0.1) is 23.1 Å². The van der Waals surface area contributed by atoms with Crippen molar-refractivity contribution in [1.29, 1.82) is 0 Å². The van der Waals surface area contributed by atoms with Gasteiger partial charge in [0.1, 0.15) is 16.2 Å². The van der Waals surface area contributed by atoms with Crippen molar-refractivity contribution in [2.45, 2.75) is 37.5 Å². The van der Waals surface area contributed by atoms with Crippen LogP contribution in [0.5, 0.6) is 0 Å². The van der Waals surface area contributed by atoms with E-state index in [4.69, 9.17) is 19.1 Å². The second-order valence-electron chi connectivity index (χ2n) is 8.92. The molecule has 0 fully saturated rings. The van der Waals surface area contributed by atoms with Crippen molar-refractivity contribution in [2.75, 3.05) is 5.75 Å². The van der Waals surface area contributed by atoms with E-state index in [-0.39, 0.29) is 5.60 Å². The summed E-state index contributed by atoms with van der Waals surface area (Å²) < 4.78 is 12.6. The first-order chi connectivity index (χ1) is 16.6. The lowest BCUT2D eigenvalue weighted by Crippen LogP contribution is -2.32. The third-order valence-electron chi connectivity index (χ3n) is 6.02. The van der Waals surface area contributed by atoms with Gasteiger partial charge in [0.25, 0.3) is 0 Å². The number of hydrogen-bond donors (Lipinski definition) is 0. The molecule has 5 aromatic rings. The third-order valence-corrected chi connectivity index (χ3v) is 8.17. The fourth-order valence-corrected chi connectivity index (χ4v) is 6.45. The predicted octanol–water partition coefficient (Wildman–Crippen LogP) is 7.16. The zero-order valence-corrected chi connectivity index (χ0v) is 20.6. The highest BCUT2D eigenvalue weighted by atomic mass is 32.2. The molecular formula is C27H23N3O2S2. The maximum absolute atomic E-state index is 6.18. The summed E-state index contributed by atoms with van der Waals surface area (Å²) in [7, 11) is 0. The maximum atomic E-state index is 6.18. The highest BCUT2D eigenvalue weighted by Gasteiger charge is 2.32. The van der Waals surface area contributed by atoms with Crippen LogP contribution >= 0.6 is 23.1 Å². The Morgan fingerprint density at radius 2 is 2.00 bits per heavy atom. The summed E-state index contributed by atoms with van der Waals surface area (Å²) >= 11 is 3.40. The summed E-state index contributed by atoms with van der Waals surface area (Å²) in [5.74, 6) is 0.835. The van der Waals surface area contributed by atoms with Gasteiger partial charge >= 0.3 is 0 Å². The van der Waals surface area contributed by atoms with E-state index in [1.54, 1.807) is 42.0 Å². The summed E-state index contributed by atoms with van der Waals surface area (Å²) in [6, 6.07) is 12.3. The second-order valence-corrected chi connectivity index (χ2v) is 10.9. The summed E-state index contributed by atoms with van der Waals surface area (Å²) in [6.07, 6.45) is 10.3. The van der Waals surface area contributed by atoms with Crippen molar-refractivity contribution in [3.63, 3.8) is 0 Å². The molecule has 0 radical (unpaired) electrons. The molecule has 1 aromatic carbocycles. The zero-order valence-electron chi connectivity index (χ0n) is 18.9. The maximum Gasteiger partial charge on any atom is 0.127 e. The number of rotatable bonds is 5. The monoisotopic (exact) mass is 485 g/mol. The van der Waals surface area contributed by atoms with Gasteiger partial charge in [-0.1, -0.05) is 42.5 Å². The van der Waals surface area contributed by atoms with Crippen LogP contribution in [-0.2, 0) is 17.8 Å². The summed E-state index contributed by atoms with van der Waals surface area (Å²) in [5.41, 5.74) is 6.27. The van der Waals surface area contributed by atoms with Crippen LogP contribution in [0.2, 0.25) is 0 Å². The molecule has 4 aromatic heterocycles. The van der Waals surface area contributed by atoms with Crippen LogP contribution in [0.15, 0.2) is 70.8 Å². The largest absolute Gasteiger partial charge is 0.472 e. The van der Waals surface area contributed by atoms with Gasteiger partial charge in [0, 0.05) is 28.7 Å². The predicted molar refractivity (Wildman–Crippen MR) is 139 cm³/mol. The lowest BCUT2D eigenvalue weighted by Gasteiger charge is -2.33.